The van der Waals surface area contributed by atoms with Gasteiger partial charge >= 0.3 is 5.97 Å². The summed E-state index contributed by atoms with van der Waals surface area (Å²) in [5, 5.41) is 8.80. The first-order chi connectivity index (χ1) is 13.3. The highest BCUT2D eigenvalue weighted by Gasteiger charge is 2.18. The summed E-state index contributed by atoms with van der Waals surface area (Å²) in [6, 6.07) is 11.0. The van der Waals surface area contributed by atoms with Gasteiger partial charge in [0.1, 0.15) is 11.5 Å². The number of ether oxygens (including phenoxy) is 2. The van der Waals surface area contributed by atoms with E-state index in [0.717, 1.165) is 11.3 Å². The van der Waals surface area contributed by atoms with Gasteiger partial charge in [0.25, 0.3) is 5.91 Å². The number of aryl methyl sites for hydroxylation is 2. The fourth-order valence-corrected chi connectivity index (χ4v) is 2.94. The first-order valence-electron chi connectivity index (χ1n) is 8.84. The summed E-state index contributed by atoms with van der Waals surface area (Å²) >= 11 is 0. The number of hydrogen-bond acceptors (Lipinski definition) is 4. The van der Waals surface area contributed by atoms with Gasteiger partial charge in [0.15, 0.2) is 6.61 Å². The monoisotopic (exact) mass is 383 g/mol. The molecule has 0 unspecified atom stereocenters. The number of carboxylic acid groups (broad SMARTS) is 1. The molecule has 1 N–H and O–H groups in total. The molecule has 0 aliphatic carbocycles. The summed E-state index contributed by atoms with van der Waals surface area (Å²) in [4.78, 5) is 25.5. The third kappa shape index (κ3) is 5.36. The summed E-state index contributed by atoms with van der Waals surface area (Å²) in [6.07, 6.45) is 1.69. The molecule has 0 radical (unpaired) electrons. The normalized spacial score (nSPS) is 10.2. The van der Waals surface area contributed by atoms with Gasteiger partial charge in [-0.05, 0) is 54.8 Å². The SMILES string of the molecule is C=CCN(Cc1ccc(OC)cc1)C(=O)c1cc(C)c(OCC(=O)O)c(C)c1. The molecule has 2 aromatic carbocycles. The van der Waals surface area contributed by atoms with Gasteiger partial charge in [-0.3, -0.25) is 4.79 Å². The van der Waals surface area contributed by atoms with Crippen LogP contribution in [-0.4, -0.2) is 42.1 Å². The molecular formula is C22H25NO5. The van der Waals surface area contributed by atoms with E-state index in [9.17, 15) is 9.59 Å². The fourth-order valence-electron chi connectivity index (χ4n) is 2.94. The van der Waals surface area contributed by atoms with Gasteiger partial charge < -0.3 is 19.5 Å². The van der Waals surface area contributed by atoms with Crippen molar-refractivity contribution in [2.24, 2.45) is 0 Å². The van der Waals surface area contributed by atoms with Crippen LogP contribution in [-0.2, 0) is 11.3 Å². The highest BCUT2D eigenvalue weighted by atomic mass is 16.5. The zero-order chi connectivity index (χ0) is 20.7. The number of carboxylic acids is 1. The van der Waals surface area contributed by atoms with Crippen molar-refractivity contribution in [3.05, 3.63) is 71.3 Å². The molecular weight excluding hydrogens is 358 g/mol. The van der Waals surface area contributed by atoms with Crippen LogP contribution in [0.15, 0.2) is 49.1 Å². The summed E-state index contributed by atoms with van der Waals surface area (Å²) in [6.45, 7) is 7.75. The lowest BCUT2D eigenvalue weighted by Gasteiger charge is -2.22. The number of amides is 1. The van der Waals surface area contributed by atoms with E-state index in [2.05, 4.69) is 6.58 Å². The second kappa shape index (κ2) is 9.60. The molecule has 0 bridgehead atoms. The molecule has 28 heavy (non-hydrogen) atoms. The van der Waals surface area contributed by atoms with Crippen LogP contribution in [0.25, 0.3) is 0 Å². The molecule has 148 valence electrons. The molecule has 2 rings (SSSR count). The topological polar surface area (TPSA) is 76.1 Å². The summed E-state index contributed by atoms with van der Waals surface area (Å²) in [7, 11) is 1.61. The second-order valence-electron chi connectivity index (χ2n) is 6.44. The smallest absolute Gasteiger partial charge is 0.341 e. The van der Waals surface area contributed by atoms with Gasteiger partial charge in [-0.2, -0.15) is 0 Å². The molecule has 0 saturated carbocycles. The van der Waals surface area contributed by atoms with E-state index in [1.165, 1.54) is 0 Å². The van der Waals surface area contributed by atoms with Crippen LogP contribution in [0.5, 0.6) is 11.5 Å². The Hall–Kier alpha value is -3.28. The van der Waals surface area contributed by atoms with Crippen molar-refractivity contribution in [1.82, 2.24) is 4.90 Å². The van der Waals surface area contributed by atoms with Crippen LogP contribution in [0.1, 0.15) is 27.0 Å². The number of carbonyl (C=O) groups excluding carboxylic acids is 1. The van der Waals surface area contributed by atoms with Crippen LogP contribution in [0.3, 0.4) is 0 Å². The number of methoxy groups -OCH3 is 1. The Kier molecular flexibility index (Phi) is 7.21. The van der Waals surface area contributed by atoms with E-state index < -0.39 is 12.6 Å². The van der Waals surface area contributed by atoms with Crippen molar-refractivity contribution in [3.8, 4) is 11.5 Å². The lowest BCUT2D eigenvalue weighted by atomic mass is 10.0. The molecule has 0 saturated heterocycles. The van der Waals surface area contributed by atoms with E-state index in [0.29, 0.717) is 35.5 Å². The minimum atomic E-state index is -1.05. The molecule has 0 aliphatic rings. The number of benzene rings is 2. The summed E-state index contributed by atoms with van der Waals surface area (Å²) in [5.41, 5.74) is 2.93. The Morgan fingerprint density at radius 2 is 1.75 bits per heavy atom. The van der Waals surface area contributed by atoms with Crippen LogP contribution >= 0.6 is 0 Å². The predicted octanol–water partition coefficient (Wildman–Crippen LogP) is 3.60. The van der Waals surface area contributed by atoms with Crippen molar-refractivity contribution >= 4 is 11.9 Å². The Labute approximate surface area is 165 Å². The quantitative estimate of drug-likeness (QED) is 0.670. The van der Waals surface area contributed by atoms with Gasteiger partial charge in [-0.1, -0.05) is 18.2 Å². The van der Waals surface area contributed by atoms with Gasteiger partial charge in [0.05, 0.1) is 7.11 Å². The largest absolute Gasteiger partial charge is 0.497 e. The molecule has 6 nitrogen and oxygen atoms in total. The molecule has 2 aromatic rings. The molecule has 1 amide bonds. The molecule has 0 fully saturated rings. The minimum Gasteiger partial charge on any atom is -0.497 e. The maximum Gasteiger partial charge on any atom is 0.341 e. The van der Waals surface area contributed by atoms with Crippen LogP contribution < -0.4 is 9.47 Å². The third-order valence-electron chi connectivity index (χ3n) is 4.22. The number of rotatable bonds is 9. The molecule has 6 heteroatoms. The van der Waals surface area contributed by atoms with E-state index in [1.54, 1.807) is 44.1 Å². The van der Waals surface area contributed by atoms with Crippen molar-refractivity contribution < 1.29 is 24.2 Å². The van der Waals surface area contributed by atoms with E-state index in [4.69, 9.17) is 14.6 Å². The minimum absolute atomic E-state index is 0.133. The lowest BCUT2D eigenvalue weighted by molar-refractivity contribution is -0.139. The standard InChI is InChI=1S/C22H25NO5/c1-5-10-23(13-17-6-8-19(27-4)9-7-17)22(26)18-11-15(2)21(16(3)12-18)28-14-20(24)25/h5-9,11-12H,1,10,13-14H2,2-4H3,(H,24,25). The third-order valence-corrected chi connectivity index (χ3v) is 4.22. The van der Waals surface area contributed by atoms with Crippen LogP contribution in [0.4, 0.5) is 0 Å². The highest BCUT2D eigenvalue weighted by molar-refractivity contribution is 5.95. The average Bonchev–Trinajstić information content (AvgIpc) is 2.66. The maximum absolute atomic E-state index is 13.1. The fraction of sp³-hybridized carbons (Fsp3) is 0.273. The zero-order valence-corrected chi connectivity index (χ0v) is 16.4. The van der Waals surface area contributed by atoms with E-state index in [1.807, 2.05) is 24.3 Å². The second-order valence-corrected chi connectivity index (χ2v) is 6.44. The summed E-state index contributed by atoms with van der Waals surface area (Å²) in [5.74, 6) is 0.0697. The Bertz CT molecular complexity index is 835. The highest BCUT2D eigenvalue weighted by Crippen LogP contribution is 2.26. The molecule has 0 atom stereocenters. The Balaban J connectivity index is 2.23. The predicted molar refractivity (Wildman–Crippen MR) is 107 cm³/mol. The van der Waals surface area contributed by atoms with Crippen molar-refractivity contribution in [3.63, 3.8) is 0 Å². The molecule has 0 aliphatic heterocycles. The van der Waals surface area contributed by atoms with Gasteiger partial charge in [-0.25, -0.2) is 4.79 Å². The molecule has 0 spiro atoms. The Morgan fingerprint density at radius 1 is 1.14 bits per heavy atom. The number of carbonyl (C=O) groups is 2. The molecule has 0 heterocycles. The lowest BCUT2D eigenvalue weighted by Crippen LogP contribution is -2.30. The zero-order valence-electron chi connectivity index (χ0n) is 16.4. The number of nitrogens with zero attached hydrogens (tertiary/aromatic N) is 1. The Morgan fingerprint density at radius 3 is 2.25 bits per heavy atom. The maximum atomic E-state index is 13.1. The van der Waals surface area contributed by atoms with E-state index >= 15 is 0 Å². The average molecular weight is 383 g/mol. The van der Waals surface area contributed by atoms with Crippen molar-refractivity contribution in [2.45, 2.75) is 20.4 Å². The number of aliphatic carboxylic acids is 1. The summed E-state index contributed by atoms with van der Waals surface area (Å²) < 4.78 is 10.5. The van der Waals surface area contributed by atoms with Crippen LogP contribution in [0, 0.1) is 13.8 Å². The number of hydrogen-bond donors (Lipinski definition) is 1. The first kappa shape index (κ1) is 21.0. The van der Waals surface area contributed by atoms with Gasteiger partial charge in [0.2, 0.25) is 0 Å². The van der Waals surface area contributed by atoms with Crippen molar-refractivity contribution in [2.75, 3.05) is 20.3 Å². The van der Waals surface area contributed by atoms with Gasteiger partial charge in [0, 0.05) is 18.7 Å². The molecule has 0 aromatic heterocycles. The van der Waals surface area contributed by atoms with Crippen molar-refractivity contribution in [1.29, 1.82) is 0 Å². The van der Waals surface area contributed by atoms with E-state index in [-0.39, 0.29) is 5.91 Å². The van der Waals surface area contributed by atoms with Gasteiger partial charge in [-0.15, -0.1) is 6.58 Å². The van der Waals surface area contributed by atoms with Crippen LogP contribution in [0.2, 0.25) is 0 Å². The first-order valence-corrected chi connectivity index (χ1v) is 8.84.